The number of benzene rings is 1. The van der Waals surface area contributed by atoms with Crippen molar-refractivity contribution >= 4 is 39.5 Å². The first kappa shape index (κ1) is 13.3. The van der Waals surface area contributed by atoms with Gasteiger partial charge in [0.2, 0.25) is 17.8 Å². The van der Waals surface area contributed by atoms with Crippen LogP contribution in [-0.4, -0.2) is 23.4 Å². The number of hydrogen-bond acceptors (Lipinski definition) is 7. The highest BCUT2D eigenvalue weighted by Gasteiger charge is 2.19. The highest BCUT2D eigenvalue weighted by Crippen LogP contribution is 2.22. The molecule has 100 valence electrons. The molecule has 0 aliphatic heterocycles. The number of sulfonamides is 1. The zero-order valence-corrected chi connectivity index (χ0v) is 11.0. The number of nitrogens with zero attached hydrogens (tertiary/aromatic N) is 3. The Morgan fingerprint density at radius 1 is 1.05 bits per heavy atom. The Morgan fingerprint density at radius 2 is 1.63 bits per heavy atom. The summed E-state index contributed by atoms with van der Waals surface area (Å²) in [5.41, 5.74) is 10.7. The maximum atomic E-state index is 12.1. The molecule has 0 bridgehead atoms. The smallest absolute Gasteiger partial charge is 0.265 e. The Morgan fingerprint density at radius 3 is 2.21 bits per heavy atom. The molecule has 0 fully saturated rings. The highest BCUT2D eigenvalue weighted by atomic mass is 35.5. The molecule has 1 aromatic carbocycles. The molecule has 0 saturated heterocycles. The van der Waals surface area contributed by atoms with Crippen molar-refractivity contribution < 1.29 is 8.42 Å². The molecule has 2 aromatic rings. The molecule has 10 heteroatoms. The van der Waals surface area contributed by atoms with E-state index >= 15 is 0 Å². The zero-order valence-electron chi connectivity index (χ0n) is 9.41. The maximum Gasteiger partial charge on any atom is 0.265 e. The zero-order chi connectivity index (χ0) is 14.0. The standard InChI is InChI=1S/C9H9ClN6O2S/c10-5-3-1-2-4-6(5)19(17,18)16-9-14-7(11)13-8(12)15-9/h1-4H,(H5,11,12,13,14,15,16). The van der Waals surface area contributed by atoms with Crippen LogP contribution >= 0.6 is 11.6 Å². The molecule has 0 aliphatic rings. The van der Waals surface area contributed by atoms with E-state index in [1.54, 1.807) is 6.07 Å². The summed E-state index contributed by atoms with van der Waals surface area (Å²) in [5, 5.41) is 0.0741. The van der Waals surface area contributed by atoms with E-state index in [1.165, 1.54) is 18.2 Å². The van der Waals surface area contributed by atoms with Crippen molar-refractivity contribution in [2.75, 3.05) is 16.2 Å². The lowest BCUT2D eigenvalue weighted by Gasteiger charge is -2.08. The van der Waals surface area contributed by atoms with Crippen molar-refractivity contribution in [1.82, 2.24) is 15.0 Å². The minimum absolute atomic E-state index is 0.0741. The van der Waals surface area contributed by atoms with Crippen molar-refractivity contribution in [2.24, 2.45) is 0 Å². The highest BCUT2D eigenvalue weighted by molar-refractivity contribution is 7.92. The largest absolute Gasteiger partial charge is 0.368 e. The van der Waals surface area contributed by atoms with Gasteiger partial charge in [0.1, 0.15) is 4.90 Å². The molecule has 1 aromatic heterocycles. The fourth-order valence-electron chi connectivity index (χ4n) is 1.29. The van der Waals surface area contributed by atoms with Crippen LogP contribution in [0.25, 0.3) is 0 Å². The Bertz CT molecular complexity index is 700. The minimum Gasteiger partial charge on any atom is -0.368 e. The van der Waals surface area contributed by atoms with Gasteiger partial charge >= 0.3 is 0 Å². The summed E-state index contributed by atoms with van der Waals surface area (Å²) in [4.78, 5) is 10.7. The number of halogens is 1. The molecule has 2 rings (SSSR count). The summed E-state index contributed by atoms with van der Waals surface area (Å²) in [5.74, 6) is -0.654. The van der Waals surface area contributed by atoms with E-state index in [1.807, 2.05) is 0 Å². The Kier molecular flexibility index (Phi) is 3.40. The molecular formula is C9H9ClN6O2S. The quantitative estimate of drug-likeness (QED) is 0.750. The predicted octanol–water partition coefficient (Wildman–Crippen LogP) is 0.490. The van der Waals surface area contributed by atoms with Crippen LogP contribution in [-0.2, 0) is 10.0 Å². The van der Waals surface area contributed by atoms with Gasteiger partial charge in [-0.1, -0.05) is 23.7 Å². The molecule has 0 saturated carbocycles. The minimum atomic E-state index is -3.92. The van der Waals surface area contributed by atoms with Crippen molar-refractivity contribution in [3.05, 3.63) is 29.3 Å². The fourth-order valence-corrected chi connectivity index (χ4v) is 2.76. The van der Waals surface area contributed by atoms with Gasteiger partial charge < -0.3 is 11.5 Å². The summed E-state index contributed by atoms with van der Waals surface area (Å²) < 4.78 is 26.3. The molecule has 0 unspecified atom stereocenters. The van der Waals surface area contributed by atoms with Crippen LogP contribution in [0, 0.1) is 0 Å². The first-order valence-corrected chi connectivity index (χ1v) is 6.79. The van der Waals surface area contributed by atoms with Gasteiger partial charge in [-0.05, 0) is 12.1 Å². The summed E-state index contributed by atoms with van der Waals surface area (Å²) in [6.07, 6.45) is 0. The van der Waals surface area contributed by atoms with Gasteiger partial charge in [0.15, 0.2) is 0 Å². The first-order chi connectivity index (χ1) is 8.88. The SMILES string of the molecule is Nc1nc(N)nc(NS(=O)(=O)c2ccccc2Cl)n1. The summed E-state index contributed by atoms with van der Waals surface area (Å²) in [6, 6.07) is 5.95. The topological polar surface area (TPSA) is 137 Å². The van der Waals surface area contributed by atoms with Crippen LogP contribution in [0.4, 0.5) is 17.8 Å². The van der Waals surface area contributed by atoms with E-state index in [4.69, 9.17) is 23.1 Å². The first-order valence-electron chi connectivity index (χ1n) is 4.93. The van der Waals surface area contributed by atoms with Crippen LogP contribution in [0.3, 0.4) is 0 Å². The van der Waals surface area contributed by atoms with E-state index in [9.17, 15) is 8.42 Å². The van der Waals surface area contributed by atoms with E-state index in [0.717, 1.165) is 0 Å². The third-order valence-corrected chi connectivity index (χ3v) is 3.85. The molecule has 19 heavy (non-hydrogen) atoms. The molecule has 0 aliphatic carbocycles. The molecule has 0 amide bonds. The molecule has 0 atom stereocenters. The third kappa shape index (κ3) is 3.01. The van der Waals surface area contributed by atoms with Gasteiger partial charge in [0.25, 0.3) is 10.0 Å². The van der Waals surface area contributed by atoms with Crippen molar-refractivity contribution in [2.45, 2.75) is 4.90 Å². The lowest BCUT2D eigenvalue weighted by Crippen LogP contribution is -2.17. The fraction of sp³-hybridized carbons (Fsp3) is 0. The second kappa shape index (κ2) is 4.86. The Hall–Kier alpha value is -2.13. The van der Waals surface area contributed by atoms with Crippen molar-refractivity contribution in [3.8, 4) is 0 Å². The van der Waals surface area contributed by atoms with Crippen LogP contribution in [0.5, 0.6) is 0 Å². The van der Waals surface area contributed by atoms with E-state index in [-0.39, 0.29) is 27.8 Å². The maximum absolute atomic E-state index is 12.1. The predicted molar refractivity (Wildman–Crippen MR) is 70.9 cm³/mol. The average molecular weight is 301 g/mol. The van der Waals surface area contributed by atoms with Gasteiger partial charge in [-0.25, -0.2) is 13.1 Å². The van der Waals surface area contributed by atoms with Gasteiger partial charge in [-0.2, -0.15) is 15.0 Å². The van der Waals surface area contributed by atoms with Crippen LogP contribution in [0.2, 0.25) is 5.02 Å². The Balaban J connectivity index is 2.39. The van der Waals surface area contributed by atoms with Gasteiger partial charge in [-0.3, -0.25) is 0 Å². The van der Waals surface area contributed by atoms with Crippen LogP contribution in [0.15, 0.2) is 29.2 Å². The lowest BCUT2D eigenvalue weighted by molar-refractivity contribution is 0.601. The van der Waals surface area contributed by atoms with Crippen molar-refractivity contribution in [1.29, 1.82) is 0 Å². The number of rotatable bonds is 3. The number of anilines is 3. The molecule has 5 N–H and O–H groups in total. The number of aromatic nitrogens is 3. The van der Waals surface area contributed by atoms with Crippen LogP contribution in [0.1, 0.15) is 0 Å². The van der Waals surface area contributed by atoms with Gasteiger partial charge in [0.05, 0.1) is 5.02 Å². The van der Waals surface area contributed by atoms with Crippen molar-refractivity contribution in [3.63, 3.8) is 0 Å². The molecule has 8 nitrogen and oxygen atoms in total. The van der Waals surface area contributed by atoms with Gasteiger partial charge in [0, 0.05) is 0 Å². The number of nitrogens with two attached hydrogens (primary N) is 2. The average Bonchev–Trinajstić information content (AvgIpc) is 2.26. The van der Waals surface area contributed by atoms with E-state index in [2.05, 4.69) is 19.7 Å². The third-order valence-electron chi connectivity index (χ3n) is 2.02. The number of hydrogen-bond donors (Lipinski definition) is 3. The summed E-state index contributed by atoms with van der Waals surface area (Å²) in [7, 11) is -3.92. The lowest BCUT2D eigenvalue weighted by atomic mass is 10.4. The number of nitrogens with one attached hydrogen (secondary N) is 1. The molecule has 1 heterocycles. The second-order valence-corrected chi connectivity index (χ2v) is 5.47. The Labute approximate surface area is 113 Å². The molecule has 0 radical (unpaired) electrons. The van der Waals surface area contributed by atoms with Gasteiger partial charge in [-0.15, -0.1) is 0 Å². The monoisotopic (exact) mass is 300 g/mol. The second-order valence-electron chi connectivity index (χ2n) is 3.41. The summed E-state index contributed by atoms with van der Waals surface area (Å²) >= 11 is 5.82. The molecule has 0 spiro atoms. The van der Waals surface area contributed by atoms with E-state index in [0.29, 0.717) is 0 Å². The van der Waals surface area contributed by atoms with Crippen LogP contribution < -0.4 is 16.2 Å². The summed E-state index contributed by atoms with van der Waals surface area (Å²) in [6.45, 7) is 0. The normalized spacial score (nSPS) is 11.2. The van der Waals surface area contributed by atoms with E-state index < -0.39 is 10.0 Å². The molecular weight excluding hydrogens is 292 g/mol. The number of nitrogen functional groups attached to an aromatic ring is 2.